The van der Waals surface area contributed by atoms with E-state index in [9.17, 15) is 14.7 Å². The zero-order valence-corrected chi connectivity index (χ0v) is 18.3. The molecule has 1 aliphatic rings. The Hall–Kier alpha value is -3.26. The lowest BCUT2D eigenvalue weighted by Crippen LogP contribution is -2.49. The van der Waals surface area contributed by atoms with E-state index in [1.54, 1.807) is 42.5 Å². The maximum atomic E-state index is 13.4. The first kappa shape index (κ1) is 22.4. The summed E-state index contributed by atoms with van der Waals surface area (Å²) in [5, 5.41) is 12.8. The number of hydrogen-bond donors (Lipinski definition) is 2. The van der Waals surface area contributed by atoms with Crippen molar-refractivity contribution < 1.29 is 28.9 Å². The molecule has 0 aromatic heterocycles. The van der Waals surface area contributed by atoms with Crippen molar-refractivity contribution in [2.24, 2.45) is 0 Å². The number of carbonyl (C=O) groups excluding carboxylic acids is 1. The molecule has 2 aromatic rings. The van der Waals surface area contributed by atoms with Crippen molar-refractivity contribution in [1.82, 2.24) is 10.2 Å². The number of aliphatic carboxylic acids is 1. The first-order chi connectivity index (χ1) is 14.7. The maximum Gasteiger partial charge on any atom is 0.335 e. The largest absolute Gasteiger partial charge is 0.497 e. The highest BCUT2D eigenvalue weighted by Crippen LogP contribution is 2.46. The predicted octanol–water partition coefficient (Wildman–Crippen LogP) is 3.74. The van der Waals surface area contributed by atoms with Crippen LogP contribution in [0.15, 0.2) is 48.5 Å². The van der Waals surface area contributed by atoms with Gasteiger partial charge in [0.25, 0.3) is 0 Å². The molecular formula is C23H28N2O6. The summed E-state index contributed by atoms with van der Waals surface area (Å²) in [6.45, 7) is 5.57. The van der Waals surface area contributed by atoms with Crippen molar-refractivity contribution in [3.05, 3.63) is 59.7 Å². The van der Waals surface area contributed by atoms with Gasteiger partial charge in [0.15, 0.2) is 12.3 Å². The van der Waals surface area contributed by atoms with Gasteiger partial charge in [0.05, 0.1) is 20.3 Å². The fraction of sp³-hybridized carbons (Fsp3) is 0.391. The molecular weight excluding hydrogens is 400 g/mol. The van der Waals surface area contributed by atoms with Gasteiger partial charge in [-0.05, 0) is 38.5 Å². The highest BCUT2D eigenvalue weighted by Gasteiger charge is 2.50. The van der Waals surface area contributed by atoms with Crippen molar-refractivity contribution in [3.63, 3.8) is 0 Å². The van der Waals surface area contributed by atoms with Crippen LogP contribution in [-0.4, -0.2) is 47.9 Å². The third kappa shape index (κ3) is 4.74. The van der Waals surface area contributed by atoms with E-state index < -0.39 is 35.9 Å². The minimum absolute atomic E-state index is 0.427. The molecule has 8 nitrogen and oxygen atoms in total. The lowest BCUT2D eigenvalue weighted by Gasteiger charge is -2.33. The Bertz CT molecular complexity index is 941. The predicted molar refractivity (Wildman–Crippen MR) is 114 cm³/mol. The van der Waals surface area contributed by atoms with Crippen LogP contribution in [0.1, 0.15) is 44.2 Å². The van der Waals surface area contributed by atoms with Gasteiger partial charge >= 0.3 is 12.0 Å². The van der Waals surface area contributed by atoms with E-state index in [1.807, 2.05) is 26.8 Å². The van der Waals surface area contributed by atoms with Crippen LogP contribution in [0.5, 0.6) is 11.5 Å². The number of ether oxygens (including phenoxy) is 3. The van der Waals surface area contributed by atoms with E-state index in [2.05, 4.69) is 5.32 Å². The number of methoxy groups -OCH3 is 2. The molecule has 166 valence electrons. The number of carboxylic acid groups (broad SMARTS) is 1. The van der Waals surface area contributed by atoms with Crippen molar-refractivity contribution in [2.75, 3.05) is 14.2 Å². The molecule has 0 aliphatic carbocycles. The molecule has 0 bridgehead atoms. The third-order valence-corrected chi connectivity index (χ3v) is 4.92. The minimum Gasteiger partial charge on any atom is -0.497 e. The zero-order valence-electron chi connectivity index (χ0n) is 18.3. The average molecular weight is 428 g/mol. The van der Waals surface area contributed by atoms with Gasteiger partial charge in [0.2, 0.25) is 0 Å². The molecule has 0 spiro atoms. The van der Waals surface area contributed by atoms with E-state index in [-0.39, 0.29) is 0 Å². The number of nitrogens with zero attached hydrogens (tertiary/aromatic N) is 1. The Labute approximate surface area is 181 Å². The number of rotatable bonds is 5. The number of carboxylic acids is 1. The minimum atomic E-state index is -1.26. The summed E-state index contributed by atoms with van der Waals surface area (Å²) in [6, 6.07) is 12.8. The monoisotopic (exact) mass is 428 g/mol. The molecule has 1 saturated heterocycles. The summed E-state index contributed by atoms with van der Waals surface area (Å²) in [5.74, 6) is -0.160. The van der Waals surface area contributed by atoms with Crippen molar-refractivity contribution in [1.29, 1.82) is 0 Å². The van der Waals surface area contributed by atoms with Crippen LogP contribution in [0.4, 0.5) is 4.79 Å². The van der Waals surface area contributed by atoms with Gasteiger partial charge in [-0.25, -0.2) is 9.59 Å². The van der Waals surface area contributed by atoms with Crippen molar-refractivity contribution >= 4 is 12.0 Å². The van der Waals surface area contributed by atoms with E-state index >= 15 is 0 Å². The number of nitrogens with one attached hydrogen (secondary N) is 1. The summed E-state index contributed by atoms with van der Waals surface area (Å²) in [4.78, 5) is 27.0. The topological polar surface area (TPSA) is 97.3 Å². The third-order valence-electron chi connectivity index (χ3n) is 4.92. The van der Waals surface area contributed by atoms with Crippen LogP contribution in [0.2, 0.25) is 0 Å². The highest BCUT2D eigenvalue weighted by molar-refractivity contribution is 5.80. The van der Waals surface area contributed by atoms with Crippen LogP contribution < -0.4 is 14.8 Å². The fourth-order valence-electron chi connectivity index (χ4n) is 3.61. The summed E-state index contributed by atoms with van der Waals surface area (Å²) in [6.07, 6.45) is -2.24. The summed E-state index contributed by atoms with van der Waals surface area (Å²) < 4.78 is 16.7. The number of benzene rings is 2. The first-order valence-corrected chi connectivity index (χ1v) is 9.92. The molecule has 2 N–H and O–H groups in total. The van der Waals surface area contributed by atoms with Crippen LogP contribution in [0.25, 0.3) is 0 Å². The molecule has 3 rings (SSSR count). The molecule has 31 heavy (non-hydrogen) atoms. The normalized spacial score (nSPS) is 20.9. The Morgan fingerprint density at radius 2 is 1.74 bits per heavy atom. The van der Waals surface area contributed by atoms with E-state index in [0.717, 1.165) is 0 Å². The lowest BCUT2D eigenvalue weighted by atomic mass is 10.00. The molecule has 2 unspecified atom stereocenters. The van der Waals surface area contributed by atoms with Gasteiger partial charge in [0, 0.05) is 17.2 Å². The Morgan fingerprint density at radius 1 is 1.06 bits per heavy atom. The lowest BCUT2D eigenvalue weighted by molar-refractivity contribution is -0.150. The molecule has 1 fully saturated rings. The summed E-state index contributed by atoms with van der Waals surface area (Å²) in [7, 11) is 3.03. The number of carbonyl (C=O) groups is 2. The van der Waals surface area contributed by atoms with Crippen molar-refractivity contribution in [3.8, 4) is 11.5 Å². The molecule has 0 saturated carbocycles. The van der Waals surface area contributed by atoms with Crippen LogP contribution >= 0.6 is 0 Å². The second-order valence-electron chi connectivity index (χ2n) is 8.30. The second-order valence-corrected chi connectivity index (χ2v) is 8.30. The number of urea groups is 1. The second kappa shape index (κ2) is 8.85. The van der Waals surface area contributed by atoms with Gasteiger partial charge in [-0.3, -0.25) is 4.90 Å². The fourth-order valence-corrected chi connectivity index (χ4v) is 3.61. The SMILES string of the molecule is COc1ccc(C2OC(C(=O)O)[C@H](c3ccccc3)N2C(=O)NC(C)(C)C)c(OC)c1. The number of amides is 2. The smallest absolute Gasteiger partial charge is 0.335 e. The van der Waals surface area contributed by atoms with Gasteiger partial charge in [-0.15, -0.1) is 0 Å². The zero-order chi connectivity index (χ0) is 22.8. The average Bonchev–Trinajstić information content (AvgIpc) is 3.13. The molecule has 1 heterocycles. The Kier molecular flexibility index (Phi) is 6.40. The van der Waals surface area contributed by atoms with Gasteiger partial charge in [0.1, 0.15) is 11.5 Å². The molecule has 2 amide bonds. The van der Waals surface area contributed by atoms with E-state index in [4.69, 9.17) is 14.2 Å². The molecule has 8 heteroatoms. The molecule has 3 atom stereocenters. The quantitative estimate of drug-likeness (QED) is 0.753. The Morgan fingerprint density at radius 3 is 2.29 bits per heavy atom. The van der Waals surface area contributed by atoms with Gasteiger partial charge in [-0.2, -0.15) is 0 Å². The summed E-state index contributed by atoms with van der Waals surface area (Å²) in [5.41, 5.74) is 0.653. The van der Waals surface area contributed by atoms with Crippen LogP contribution in [0.3, 0.4) is 0 Å². The first-order valence-electron chi connectivity index (χ1n) is 9.92. The Balaban J connectivity index is 2.15. The van der Waals surface area contributed by atoms with E-state index in [1.165, 1.54) is 19.1 Å². The van der Waals surface area contributed by atoms with Gasteiger partial charge < -0.3 is 24.6 Å². The molecule has 2 aromatic carbocycles. The molecule has 0 radical (unpaired) electrons. The maximum absolute atomic E-state index is 13.4. The number of hydrogen-bond acceptors (Lipinski definition) is 5. The standard InChI is InChI=1S/C23H28N2O6/c1-23(2,3)24-22(28)25-18(14-9-7-6-8-10-14)19(21(26)27)31-20(25)16-12-11-15(29-4)13-17(16)30-5/h6-13,18-20H,1-5H3,(H,24,28)(H,26,27)/t18-,19?,20?/m0/s1. The highest BCUT2D eigenvalue weighted by atomic mass is 16.6. The van der Waals surface area contributed by atoms with E-state index in [0.29, 0.717) is 22.6 Å². The molecule has 1 aliphatic heterocycles. The van der Waals surface area contributed by atoms with Gasteiger partial charge in [-0.1, -0.05) is 30.3 Å². The van der Waals surface area contributed by atoms with Crippen LogP contribution in [-0.2, 0) is 9.53 Å². The summed E-state index contributed by atoms with van der Waals surface area (Å²) >= 11 is 0. The van der Waals surface area contributed by atoms with Crippen molar-refractivity contribution in [2.45, 2.75) is 44.7 Å². The van der Waals surface area contributed by atoms with Crippen LogP contribution in [0, 0.1) is 0 Å².